The van der Waals surface area contributed by atoms with Gasteiger partial charge in [0.2, 0.25) is 0 Å². The van der Waals surface area contributed by atoms with E-state index in [4.69, 9.17) is 9.47 Å². The summed E-state index contributed by atoms with van der Waals surface area (Å²) < 4.78 is 64.0. The molecule has 9 nitrogen and oxygen atoms in total. The molecule has 2 fully saturated rings. The van der Waals surface area contributed by atoms with Crippen molar-refractivity contribution in [3.63, 3.8) is 0 Å². The first-order chi connectivity index (χ1) is 21.0. The van der Waals surface area contributed by atoms with E-state index in [0.717, 1.165) is 48.8 Å². The van der Waals surface area contributed by atoms with Gasteiger partial charge in [-0.3, -0.25) is 0 Å². The number of aliphatic hydroxyl groups excluding tert-OH is 1. The van der Waals surface area contributed by atoms with E-state index >= 15 is 0 Å². The number of β-amino-alcohol motifs (C(OH)–C–C–N with tert-alkyl or cyclic N) is 1. The molecule has 1 saturated carbocycles. The Labute approximate surface area is 257 Å². The van der Waals surface area contributed by atoms with Crippen molar-refractivity contribution < 1.29 is 31.8 Å². The molecule has 2 unspecified atom stereocenters. The molecule has 2 aliphatic rings. The summed E-state index contributed by atoms with van der Waals surface area (Å²) in [6.45, 7) is 3.03. The van der Waals surface area contributed by atoms with Crippen LogP contribution < -0.4 is 15.4 Å². The monoisotopic (exact) mass is 630 g/mol. The average molecular weight is 631 g/mol. The van der Waals surface area contributed by atoms with Crippen LogP contribution in [0.1, 0.15) is 25.0 Å². The van der Waals surface area contributed by atoms with E-state index in [1.54, 1.807) is 13.2 Å². The number of nitrogens with zero attached hydrogens (tertiary/aromatic N) is 2. The van der Waals surface area contributed by atoms with Crippen molar-refractivity contribution in [2.24, 2.45) is 5.92 Å². The fraction of sp³-hybridized carbons (Fsp3) is 0.500. The summed E-state index contributed by atoms with van der Waals surface area (Å²) >= 11 is 0. The number of benzene rings is 2. The number of rotatable bonds is 12. The summed E-state index contributed by atoms with van der Waals surface area (Å²) in [6.07, 6.45) is 2.34. The van der Waals surface area contributed by atoms with Crippen molar-refractivity contribution in [1.82, 2.24) is 9.47 Å². The van der Waals surface area contributed by atoms with E-state index in [1.807, 2.05) is 28.8 Å². The van der Waals surface area contributed by atoms with Crippen LogP contribution in [0, 0.1) is 17.8 Å². The molecule has 3 N–H and O–H groups in total. The highest BCUT2D eigenvalue weighted by atomic mass is 32.2. The molecule has 0 amide bonds. The van der Waals surface area contributed by atoms with Gasteiger partial charge in [0.15, 0.2) is 9.84 Å². The smallest absolute Gasteiger partial charge is 0.253 e. The largest absolute Gasteiger partial charge is 0.495 e. The van der Waals surface area contributed by atoms with Crippen molar-refractivity contribution in [1.29, 1.82) is 0 Å². The Kier molecular flexibility index (Phi) is 9.70. The van der Waals surface area contributed by atoms with Crippen LogP contribution >= 0.6 is 0 Å². The van der Waals surface area contributed by atoms with Gasteiger partial charge in [-0.15, -0.1) is 0 Å². The average Bonchev–Trinajstić information content (AvgIpc) is 3.43. The van der Waals surface area contributed by atoms with E-state index in [9.17, 15) is 22.3 Å². The second kappa shape index (κ2) is 13.3. The molecule has 2 atom stereocenters. The molecule has 1 aromatic heterocycles. The number of anilines is 2. The Morgan fingerprint density at radius 3 is 2.55 bits per heavy atom. The number of aliphatic hydroxyl groups is 1. The fourth-order valence-corrected chi connectivity index (χ4v) is 6.38. The van der Waals surface area contributed by atoms with Crippen LogP contribution in [0.4, 0.5) is 20.2 Å². The maximum absolute atomic E-state index is 14.0. The first-order valence-corrected chi connectivity index (χ1v) is 16.6. The van der Waals surface area contributed by atoms with Crippen LogP contribution in [0.25, 0.3) is 10.9 Å². The Hall–Kier alpha value is -3.37. The lowest BCUT2D eigenvalue weighted by Gasteiger charge is -2.34. The maximum Gasteiger partial charge on any atom is 0.253 e. The highest BCUT2D eigenvalue weighted by Crippen LogP contribution is 2.50. The number of halogens is 2. The molecule has 5 rings (SSSR count). The quantitative estimate of drug-likeness (QED) is 0.258. The molecule has 0 spiro atoms. The van der Waals surface area contributed by atoms with Gasteiger partial charge in [0.05, 0.1) is 48.2 Å². The van der Waals surface area contributed by atoms with Crippen molar-refractivity contribution >= 4 is 32.1 Å². The van der Waals surface area contributed by atoms with Crippen LogP contribution in [0.3, 0.4) is 0 Å². The van der Waals surface area contributed by atoms with E-state index in [-0.39, 0.29) is 30.4 Å². The second-order valence-electron chi connectivity index (χ2n) is 11.7. The molecule has 1 saturated heterocycles. The van der Waals surface area contributed by atoms with Crippen LogP contribution in [0.5, 0.6) is 5.75 Å². The lowest BCUT2D eigenvalue weighted by molar-refractivity contribution is 0.0327. The minimum atomic E-state index is -3.38. The third-order valence-electron chi connectivity index (χ3n) is 8.26. The summed E-state index contributed by atoms with van der Waals surface area (Å²) in [5.41, 5.74) is 3.05. The summed E-state index contributed by atoms with van der Waals surface area (Å²) in [5.74, 6) is 3.27. The van der Waals surface area contributed by atoms with Crippen molar-refractivity contribution in [3.8, 4) is 17.6 Å². The van der Waals surface area contributed by atoms with Gasteiger partial charge in [-0.05, 0) is 49.1 Å². The lowest BCUT2D eigenvalue weighted by atomic mass is 10.0. The molecule has 1 aliphatic heterocycles. The SMILES string of the molecule is COCC(O)CN1CCC(Nc2cccc3c2cc(C#CCNc2ccc(S(C)(=O)=O)cc2OC)n3CC2CC2(F)F)CC1. The lowest BCUT2D eigenvalue weighted by Crippen LogP contribution is -2.43. The zero-order valence-corrected chi connectivity index (χ0v) is 26.1. The number of aromatic nitrogens is 1. The summed E-state index contributed by atoms with van der Waals surface area (Å²) in [4.78, 5) is 2.40. The van der Waals surface area contributed by atoms with E-state index in [0.29, 0.717) is 30.3 Å². The number of fused-ring (bicyclic) bond motifs is 1. The first-order valence-electron chi connectivity index (χ1n) is 14.8. The Morgan fingerprint density at radius 1 is 1.14 bits per heavy atom. The molecule has 238 valence electrons. The normalized spacial score (nSPS) is 19.3. The number of hydrogen-bond acceptors (Lipinski definition) is 8. The van der Waals surface area contributed by atoms with E-state index in [2.05, 4.69) is 27.4 Å². The number of alkyl halides is 2. The molecule has 1 aliphatic carbocycles. The molecule has 2 aromatic carbocycles. The minimum Gasteiger partial charge on any atom is -0.495 e. The third-order valence-corrected chi connectivity index (χ3v) is 9.37. The second-order valence-corrected chi connectivity index (χ2v) is 13.7. The Morgan fingerprint density at radius 2 is 1.89 bits per heavy atom. The summed E-state index contributed by atoms with van der Waals surface area (Å²) in [7, 11) is -0.332. The van der Waals surface area contributed by atoms with Crippen LogP contribution in [-0.4, -0.2) is 94.3 Å². The van der Waals surface area contributed by atoms with Crippen LogP contribution in [0.2, 0.25) is 0 Å². The highest BCUT2D eigenvalue weighted by Gasteiger charge is 2.56. The molecule has 44 heavy (non-hydrogen) atoms. The molecule has 2 heterocycles. The summed E-state index contributed by atoms with van der Waals surface area (Å²) in [6, 6.07) is 12.7. The number of likely N-dealkylation sites (tertiary alicyclic amines) is 1. The Balaban J connectivity index is 1.32. The molecule has 0 radical (unpaired) electrons. The van der Waals surface area contributed by atoms with E-state index in [1.165, 1.54) is 19.2 Å². The fourth-order valence-electron chi connectivity index (χ4n) is 5.74. The molecule has 3 aromatic rings. The standard InChI is InChI=1S/C32H40F2N4O5S/c1-42-21-25(39)20-37-14-11-23(12-15-37)36-28-7-4-8-30-27(28)16-24(38(30)19-22-18-32(22,33)34)6-5-13-35-29-10-9-26(44(3,40)41)17-31(29)43-2/h4,7-10,16-17,22-23,25,35-36,39H,11-15,18-21H2,1-3H3. The van der Waals surface area contributed by atoms with Gasteiger partial charge in [-0.1, -0.05) is 12.0 Å². The number of ether oxygens (including phenoxy) is 2. The maximum atomic E-state index is 14.0. The van der Waals surface area contributed by atoms with Crippen molar-refractivity contribution in [3.05, 3.63) is 48.2 Å². The predicted octanol–water partition coefficient (Wildman–Crippen LogP) is 4.06. The highest BCUT2D eigenvalue weighted by molar-refractivity contribution is 7.90. The molecule has 0 bridgehead atoms. The number of sulfone groups is 1. The van der Waals surface area contributed by atoms with Crippen LogP contribution in [0.15, 0.2) is 47.4 Å². The zero-order valence-electron chi connectivity index (χ0n) is 25.3. The summed E-state index contributed by atoms with van der Waals surface area (Å²) in [5, 5.41) is 17.8. The first kappa shape index (κ1) is 32.0. The van der Waals surface area contributed by atoms with E-state index < -0.39 is 27.8 Å². The molecular weight excluding hydrogens is 590 g/mol. The predicted molar refractivity (Wildman–Crippen MR) is 167 cm³/mol. The van der Waals surface area contributed by atoms with Crippen molar-refractivity contribution in [2.75, 3.05) is 63.9 Å². The zero-order chi connectivity index (χ0) is 31.5. The Bertz CT molecular complexity index is 1640. The topological polar surface area (TPSA) is 105 Å². The minimum absolute atomic E-state index is 0.125. The number of piperidine rings is 1. The number of nitrogens with one attached hydrogen (secondary N) is 2. The van der Waals surface area contributed by atoms with Gasteiger partial charge in [0.25, 0.3) is 5.92 Å². The van der Waals surface area contributed by atoms with Gasteiger partial charge in [0.1, 0.15) is 5.75 Å². The third kappa shape index (κ3) is 7.64. The van der Waals surface area contributed by atoms with Gasteiger partial charge < -0.3 is 34.7 Å². The van der Waals surface area contributed by atoms with Crippen molar-refractivity contribution in [2.45, 2.75) is 48.8 Å². The molecule has 12 heteroatoms. The number of methoxy groups -OCH3 is 2. The van der Waals surface area contributed by atoms with Gasteiger partial charge in [0, 0.05) is 75.1 Å². The number of hydrogen-bond donors (Lipinski definition) is 3. The van der Waals surface area contributed by atoms with Gasteiger partial charge in [-0.2, -0.15) is 0 Å². The van der Waals surface area contributed by atoms with Crippen LogP contribution in [-0.2, 0) is 21.1 Å². The van der Waals surface area contributed by atoms with Gasteiger partial charge in [-0.25, -0.2) is 17.2 Å². The molecular formula is C32H40F2N4O5S. The van der Waals surface area contributed by atoms with Gasteiger partial charge >= 0.3 is 0 Å².